The summed E-state index contributed by atoms with van der Waals surface area (Å²) in [7, 11) is 0. The van der Waals surface area contributed by atoms with Crippen LogP contribution in [0.2, 0.25) is 0 Å². The maximum atomic E-state index is 11.8. The second-order valence-corrected chi connectivity index (χ2v) is 4.92. The van der Waals surface area contributed by atoms with Gasteiger partial charge in [0.1, 0.15) is 6.61 Å². The summed E-state index contributed by atoms with van der Waals surface area (Å²) >= 11 is 3.53. The van der Waals surface area contributed by atoms with Gasteiger partial charge in [0.25, 0.3) is 6.43 Å². The first-order chi connectivity index (χ1) is 8.13. The smallest absolute Gasteiger partial charge is 0.261 e. The number of hydrogen-bond donors (Lipinski definition) is 0. The Hall–Kier alpha value is -0.480. The van der Waals surface area contributed by atoms with E-state index in [4.69, 9.17) is 4.74 Å². The minimum Gasteiger partial charge on any atom is -0.375 e. The maximum Gasteiger partial charge on any atom is 0.261 e. The zero-order chi connectivity index (χ0) is 12.7. The Bertz CT molecular complexity index is 314. The predicted octanol–water partition coefficient (Wildman–Crippen LogP) is 4.36. The van der Waals surface area contributed by atoms with Crippen molar-refractivity contribution in [3.8, 4) is 0 Å². The highest BCUT2D eigenvalue weighted by Gasteiger charge is 2.08. The number of rotatable bonds is 7. The van der Waals surface area contributed by atoms with Crippen molar-refractivity contribution in [2.24, 2.45) is 0 Å². The maximum absolute atomic E-state index is 11.8. The Morgan fingerprint density at radius 1 is 1.24 bits per heavy atom. The van der Waals surface area contributed by atoms with Crippen LogP contribution in [0.4, 0.5) is 8.78 Å². The molecule has 0 amide bonds. The molecule has 0 N–H and O–H groups in total. The third-order valence-electron chi connectivity index (χ3n) is 2.51. The first-order valence-corrected chi connectivity index (χ1v) is 6.63. The molecule has 0 heterocycles. The van der Waals surface area contributed by atoms with Crippen molar-refractivity contribution < 1.29 is 13.5 Å². The number of hydrogen-bond acceptors (Lipinski definition) is 1. The van der Waals surface area contributed by atoms with Gasteiger partial charge in [-0.1, -0.05) is 47.1 Å². The molecule has 0 bridgehead atoms. The summed E-state index contributed by atoms with van der Waals surface area (Å²) in [5.41, 5.74) is 2.45. The van der Waals surface area contributed by atoms with Gasteiger partial charge in [-0.2, -0.15) is 0 Å². The van der Waals surface area contributed by atoms with Gasteiger partial charge in [-0.15, -0.1) is 0 Å². The summed E-state index contributed by atoms with van der Waals surface area (Å²) in [4.78, 5) is 0.158. The van der Waals surface area contributed by atoms with Crippen LogP contribution < -0.4 is 0 Å². The van der Waals surface area contributed by atoms with Gasteiger partial charge >= 0.3 is 0 Å². The largest absolute Gasteiger partial charge is 0.375 e. The van der Waals surface area contributed by atoms with E-state index in [1.165, 1.54) is 5.56 Å². The van der Waals surface area contributed by atoms with Gasteiger partial charge in [0, 0.05) is 11.4 Å². The molecule has 0 aliphatic heterocycles. The molecule has 1 aromatic carbocycles. The van der Waals surface area contributed by atoms with Gasteiger partial charge in [0.2, 0.25) is 0 Å². The van der Waals surface area contributed by atoms with Gasteiger partial charge in [0.15, 0.2) is 0 Å². The topological polar surface area (TPSA) is 9.23 Å². The van der Waals surface area contributed by atoms with Gasteiger partial charge in [-0.3, -0.25) is 0 Å². The van der Waals surface area contributed by atoms with Crippen molar-refractivity contribution in [1.82, 2.24) is 0 Å². The average Bonchev–Trinajstić information content (AvgIpc) is 2.34. The Morgan fingerprint density at radius 2 is 1.88 bits per heavy atom. The van der Waals surface area contributed by atoms with Gasteiger partial charge in [-0.05, 0) is 24.0 Å². The van der Waals surface area contributed by atoms with Crippen LogP contribution in [-0.4, -0.2) is 19.6 Å². The lowest BCUT2D eigenvalue weighted by molar-refractivity contribution is 0.0167. The normalized spacial score (nSPS) is 13.0. The summed E-state index contributed by atoms with van der Waals surface area (Å²) in [6.45, 7) is 1.98. The molecular weight excluding hydrogens is 290 g/mol. The van der Waals surface area contributed by atoms with E-state index in [0.29, 0.717) is 13.0 Å². The average molecular weight is 307 g/mol. The molecule has 1 nitrogen and oxygen atoms in total. The Morgan fingerprint density at radius 3 is 2.41 bits per heavy atom. The number of ether oxygens (including phenoxy) is 1. The summed E-state index contributed by atoms with van der Waals surface area (Å²) in [5, 5.41) is 0. The summed E-state index contributed by atoms with van der Waals surface area (Å²) in [5.74, 6) is 0. The molecule has 0 saturated carbocycles. The first kappa shape index (κ1) is 14.6. The first-order valence-electron chi connectivity index (χ1n) is 5.72. The lowest BCUT2D eigenvalue weighted by atomic mass is 10.1. The molecule has 1 atom stereocenters. The van der Waals surface area contributed by atoms with E-state index in [-0.39, 0.29) is 4.83 Å². The third-order valence-corrected chi connectivity index (χ3v) is 3.50. The van der Waals surface area contributed by atoms with E-state index in [1.807, 2.05) is 0 Å². The monoisotopic (exact) mass is 306 g/mol. The number of aryl methyl sites for hydroxylation is 1. The second-order valence-electron chi connectivity index (χ2n) is 3.82. The molecule has 0 aliphatic carbocycles. The van der Waals surface area contributed by atoms with Gasteiger partial charge < -0.3 is 4.74 Å². The van der Waals surface area contributed by atoms with Gasteiger partial charge in [0.05, 0.1) is 0 Å². The minimum absolute atomic E-state index is 0.158. The molecule has 1 rings (SSSR count). The summed E-state index contributed by atoms with van der Waals surface area (Å²) < 4.78 is 28.5. The molecular formula is C13H17BrF2O. The highest BCUT2D eigenvalue weighted by Crippen LogP contribution is 2.26. The SMILES string of the molecule is CCc1ccc(C(Br)CCOCC(F)F)cc1. The second kappa shape index (κ2) is 7.77. The van der Waals surface area contributed by atoms with Crippen molar-refractivity contribution in [2.75, 3.05) is 13.2 Å². The van der Waals surface area contributed by atoms with E-state index < -0.39 is 13.0 Å². The fourth-order valence-corrected chi connectivity index (χ4v) is 1.98. The predicted molar refractivity (Wildman–Crippen MR) is 68.9 cm³/mol. The molecule has 0 fully saturated rings. The molecule has 96 valence electrons. The van der Waals surface area contributed by atoms with Crippen molar-refractivity contribution in [3.05, 3.63) is 35.4 Å². The van der Waals surface area contributed by atoms with Crippen molar-refractivity contribution in [1.29, 1.82) is 0 Å². The van der Waals surface area contributed by atoms with E-state index in [2.05, 4.69) is 47.1 Å². The fourth-order valence-electron chi connectivity index (χ4n) is 1.49. The molecule has 0 aromatic heterocycles. The molecule has 1 aromatic rings. The van der Waals surface area contributed by atoms with Crippen LogP contribution in [0.1, 0.15) is 29.3 Å². The number of halogens is 3. The fraction of sp³-hybridized carbons (Fsp3) is 0.538. The molecule has 0 spiro atoms. The van der Waals surface area contributed by atoms with E-state index in [9.17, 15) is 8.78 Å². The molecule has 0 radical (unpaired) electrons. The molecule has 4 heteroatoms. The van der Waals surface area contributed by atoms with Crippen LogP contribution in [0.25, 0.3) is 0 Å². The third kappa shape index (κ3) is 5.59. The van der Waals surface area contributed by atoms with Crippen molar-refractivity contribution in [3.63, 3.8) is 0 Å². The lowest BCUT2D eigenvalue weighted by Gasteiger charge is -2.11. The van der Waals surface area contributed by atoms with Gasteiger partial charge in [-0.25, -0.2) is 8.78 Å². The van der Waals surface area contributed by atoms with Crippen LogP contribution in [0.5, 0.6) is 0 Å². The van der Waals surface area contributed by atoms with E-state index in [1.54, 1.807) is 0 Å². The quantitative estimate of drug-likeness (QED) is 0.537. The van der Waals surface area contributed by atoms with Crippen molar-refractivity contribution >= 4 is 15.9 Å². The standard InChI is InChI=1S/C13H17BrF2O/c1-2-10-3-5-11(6-4-10)12(14)7-8-17-9-13(15)16/h3-6,12-13H,2,7-9H2,1H3. The molecule has 0 aliphatic rings. The summed E-state index contributed by atoms with van der Waals surface area (Å²) in [6, 6.07) is 8.30. The molecule has 17 heavy (non-hydrogen) atoms. The van der Waals surface area contributed by atoms with Crippen LogP contribution >= 0.6 is 15.9 Å². The Labute approximate surface area is 109 Å². The van der Waals surface area contributed by atoms with E-state index in [0.717, 1.165) is 12.0 Å². The Balaban J connectivity index is 2.33. The molecule has 0 saturated heterocycles. The van der Waals surface area contributed by atoms with Crippen molar-refractivity contribution in [2.45, 2.75) is 31.0 Å². The zero-order valence-electron chi connectivity index (χ0n) is 9.83. The van der Waals surface area contributed by atoms with Crippen LogP contribution in [0, 0.1) is 0 Å². The molecule has 1 unspecified atom stereocenters. The highest BCUT2D eigenvalue weighted by atomic mass is 79.9. The van der Waals surface area contributed by atoms with Crippen LogP contribution in [0.15, 0.2) is 24.3 Å². The van der Waals surface area contributed by atoms with Crippen LogP contribution in [0.3, 0.4) is 0 Å². The lowest BCUT2D eigenvalue weighted by Crippen LogP contribution is -2.06. The Kier molecular flexibility index (Phi) is 6.66. The number of benzene rings is 1. The zero-order valence-corrected chi connectivity index (χ0v) is 11.4. The van der Waals surface area contributed by atoms with Crippen LogP contribution in [-0.2, 0) is 11.2 Å². The highest BCUT2D eigenvalue weighted by molar-refractivity contribution is 9.09. The number of alkyl halides is 3. The minimum atomic E-state index is -2.38. The van der Waals surface area contributed by atoms with E-state index >= 15 is 0 Å². The summed E-state index contributed by atoms with van der Waals surface area (Å²) in [6.07, 6.45) is -0.671.